The van der Waals surface area contributed by atoms with Crippen molar-refractivity contribution >= 4 is 28.6 Å². The Bertz CT molecular complexity index is 1170. The number of para-hydroxylation sites is 1. The molecule has 178 valence electrons. The van der Waals surface area contributed by atoms with E-state index in [4.69, 9.17) is 9.47 Å². The van der Waals surface area contributed by atoms with Gasteiger partial charge in [0.25, 0.3) is 17.7 Å². The molecular formula is C24H27N5O5. The van der Waals surface area contributed by atoms with E-state index < -0.39 is 5.91 Å². The van der Waals surface area contributed by atoms with Crippen LogP contribution in [0.5, 0.6) is 11.5 Å². The Balaban J connectivity index is 1.23. The first-order chi connectivity index (χ1) is 16.5. The van der Waals surface area contributed by atoms with Crippen LogP contribution in [-0.2, 0) is 4.79 Å². The van der Waals surface area contributed by atoms with Gasteiger partial charge in [-0.3, -0.25) is 30.1 Å². The second-order valence-electron chi connectivity index (χ2n) is 7.91. The number of carbonyl (C=O) groups is 3. The molecule has 0 spiro atoms. The van der Waals surface area contributed by atoms with Gasteiger partial charge in [-0.05, 0) is 30.3 Å². The minimum absolute atomic E-state index is 0.0533. The van der Waals surface area contributed by atoms with Gasteiger partial charge in [-0.2, -0.15) is 0 Å². The molecule has 4 rings (SSSR count). The number of fused-ring (bicyclic) bond motifs is 1. The van der Waals surface area contributed by atoms with Crippen LogP contribution in [0.3, 0.4) is 0 Å². The Labute approximate surface area is 196 Å². The predicted molar refractivity (Wildman–Crippen MR) is 126 cm³/mol. The maximum atomic E-state index is 12.8. The number of hydrogen-bond donors (Lipinski definition) is 3. The number of H-pyrrole nitrogens is 1. The highest BCUT2D eigenvalue weighted by Crippen LogP contribution is 2.27. The van der Waals surface area contributed by atoms with Crippen LogP contribution in [0, 0.1) is 0 Å². The fraction of sp³-hybridized carbons (Fsp3) is 0.292. The highest BCUT2D eigenvalue weighted by molar-refractivity contribution is 5.98. The molecule has 0 atom stereocenters. The van der Waals surface area contributed by atoms with Crippen molar-refractivity contribution < 1.29 is 23.9 Å². The van der Waals surface area contributed by atoms with Crippen molar-refractivity contribution in [3.63, 3.8) is 0 Å². The number of nitrogens with one attached hydrogen (secondary N) is 3. The van der Waals surface area contributed by atoms with E-state index in [2.05, 4.69) is 15.8 Å². The van der Waals surface area contributed by atoms with Gasteiger partial charge in [0.15, 0.2) is 11.5 Å². The van der Waals surface area contributed by atoms with Gasteiger partial charge in [-0.1, -0.05) is 18.2 Å². The summed E-state index contributed by atoms with van der Waals surface area (Å²) in [5, 5.41) is 0.997. The molecule has 1 aromatic heterocycles. The molecule has 3 N–H and O–H groups in total. The highest BCUT2D eigenvalue weighted by Gasteiger charge is 2.24. The molecular weight excluding hydrogens is 438 g/mol. The van der Waals surface area contributed by atoms with Crippen LogP contribution >= 0.6 is 0 Å². The van der Waals surface area contributed by atoms with Gasteiger partial charge in [0.1, 0.15) is 5.69 Å². The smallest absolute Gasteiger partial charge is 0.270 e. The van der Waals surface area contributed by atoms with Crippen molar-refractivity contribution in [2.24, 2.45) is 0 Å². The largest absolute Gasteiger partial charge is 0.493 e. The van der Waals surface area contributed by atoms with Gasteiger partial charge in [-0.15, -0.1) is 0 Å². The Kier molecular flexibility index (Phi) is 6.98. The molecule has 2 heterocycles. The molecule has 3 amide bonds. The lowest BCUT2D eigenvalue weighted by Gasteiger charge is -2.34. The minimum Gasteiger partial charge on any atom is -0.493 e. The van der Waals surface area contributed by atoms with E-state index in [0.29, 0.717) is 48.9 Å². The van der Waals surface area contributed by atoms with Crippen molar-refractivity contribution in [2.75, 3.05) is 46.9 Å². The van der Waals surface area contributed by atoms with Gasteiger partial charge >= 0.3 is 0 Å². The van der Waals surface area contributed by atoms with E-state index >= 15 is 0 Å². The van der Waals surface area contributed by atoms with Gasteiger partial charge in [0, 0.05) is 42.6 Å². The van der Waals surface area contributed by atoms with Crippen molar-refractivity contribution in [2.45, 2.75) is 0 Å². The summed E-state index contributed by atoms with van der Waals surface area (Å²) in [6.07, 6.45) is 0. The lowest BCUT2D eigenvalue weighted by Crippen LogP contribution is -2.53. The second-order valence-corrected chi connectivity index (χ2v) is 7.91. The Morgan fingerprint density at radius 3 is 2.35 bits per heavy atom. The summed E-state index contributed by atoms with van der Waals surface area (Å²) in [6.45, 7) is 2.26. The van der Waals surface area contributed by atoms with E-state index in [9.17, 15) is 14.4 Å². The SMILES string of the molecule is COc1ccc(C(=O)NNC(=O)CN2CCN(C(=O)c3cc4ccccc4[nH]3)CC2)cc1OC. The summed E-state index contributed by atoms with van der Waals surface area (Å²) < 4.78 is 10.3. The first kappa shape index (κ1) is 23.1. The topological polar surface area (TPSA) is 116 Å². The van der Waals surface area contributed by atoms with Crippen molar-refractivity contribution in [3.8, 4) is 11.5 Å². The summed E-state index contributed by atoms with van der Waals surface area (Å²) in [5.41, 5.74) is 6.65. The number of amides is 3. The van der Waals surface area contributed by atoms with Gasteiger partial charge in [0.2, 0.25) is 0 Å². The molecule has 1 aliphatic heterocycles. The second kappa shape index (κ2) is 10.3. The van der Waals surface area contributed by atoms with Crippen LogP contribution in [0.4, 0.5) is 0 Å². The number of piperazine rings is 1. The number of carbonyl (C=O) groups excluding carboxylic acids is 3. The monoisotopic (exact) mass is 465 g/mol. The Morgan fingerprint density at radius 1 is 0.912 bits per heavy atom. The number of hydrogen-bond acceptors (Lipinski definition) is 6. The molecule has 0 unspecified atom stereocenters. The zero-order valence-corrected chi connectivity index (χ0v) is 19.1. The van der Waals surface area contributed by atoms with Gasteiger partial charge in [0.05, 0.1) is 20.8 Å². The maximum absolute atomic E-state index is 12.8. The lowest BCUT2D eigenvalue weighted by molar-refractivity contribution is -0.123. The molecule has 10 heteroatoms. The van der Waals surface area contributed by atoms with Crippen LogP contribution < -0.4 is 20.3 Å². The third-order valence-corrected chi connectivity index (χ3v) is 5.75. The highest BCUT2D eigenvalue weighted by atomic mass is 16.5. The fourth-order valence-corrected chi connectivity index (χ4v) is 3.89. The van der Waals surface area contributed by atoms with Crippen molar-refractivity contribution in [3.05, 3.63) is 59.8 Å². The fourth-order valence-electron chi connectivity index (χ4n) is 3.89. The zero-order chi connectivity index (χ0) is 24.1. The standard InChI is InChI=1S/C24H27N5O5/c1-33-20-8-7-17(14-21(20)34-2)23(31)27-26-22(30)15-28-9-11-29(12-10-28)24(32)19-13-16-5-3-4-6-18(16)25-19/h3-8,13-14,25H,9-12,15H2,1-2H3,(H,26,30)(H,27,31). The normalized spacial score (nSPS) is 14.0. The summed E-state index contributed by atoms with van der Waals surface area (Å²) in [7, 11) is 2.99. The van der Waals surface area contributed by atoms with E-state index in [1.807, 2.05) is 35.2 Å². The Hall–Kier alpha value is -4.05. The summed E-state index contributed by atoms with van der Waals surface area (Å²) in [5.74, 6) is 0.0568. The third-order valence-electron chi connectivity index (χ3n) is 5.75. The predicted octanol–water partition coefficient (Wildman–Crippen LogP) is 1.40. The number of rotatable bonds is 6. The van der Waals surface area contributed by atoms with Crippen LogP contribution in [0.2, 0.25) is 0 Å². The summed E-state index contributed by atoms with van der Waals surface area (Å²) in [4.78, 5) is 44.4. The average Bonchev–Trinajstić information content (AvgIpc) is 3.31. The van der Waals surface area contributed by atoms with E-state index in [1.54, 1.807) is 17.0 Å². The quantitative estimate of drug-likeness (QED) is 0.474. The molecule has 2 aromatic carbocycles. The molecule has 1 aliphatic rings. The first-order valence-corrected chi connectivity index (χ1v) is 10.9. The number of aromatic amines is 1. The molecule has 0 bridgehead atoms. The molecule has 10 nitrogen and oxygen atoms in total. The van der Waals surface area contributed by atoms with Gasteiger partial charge in [-0.25, -0.2) is 0 Å². The third kappa shape index (κ3) is 5.12. The molecule has 0 saturated carbocycles. The number of benzene rings is 2. The number of ether oxygens (including phenoxy) is 2. The van der Waals surface area contributed by atoms with E-state index in [-0.39, 0.29) is 18.4 Å². The minimum atomic E-state index is -0.469. The molecule has 0 radical (unpaired) electrons. The number of aromatic nitrogens is 1. The van der Waals surface area contributed by atoms with Crippen LogP contribution in [0.15, 0.2) is 48.5 Å². The molecule has 1 saturated heterocycles. The van der Waals surface area contributed by atoms with E-state index in [0.717, 1.165) is 10.9 Å². The van der Waals surface area contributed by atoms with Crippen molar-refractivity contribution in [1.82, 2.24) is 25.6 Å². The Morgan fingerprint density at radius 2 is 1.65 bits per heavy atom. The maximum Gasteiger partial charge on any atom is 0.270 e. The van der Waals surface area contributed by atoms with Crippen LogP contribution in [-0.4, -0.2) is 79.4 Å². The molecule has 3 aromatic rings. The van der Waals surface area contributed by atoms with Crippen LogP contribution in [0.1, 0.15) is 20.8 Å². The zero-order valence-electron chi connectivity index (χ0n) is 19.1. The average molecular weight is 466 g/mol. The summed E-state index contributed by atoms with van der Waals surface area (Å²) in [6, 6.07) is 14.3. The molecule has 1 fully saturated rings. The first-order valence-electron chi connectivity index (χ1n) is 10.9. The lowest BCUT2D eigenvalue weighted by atomic mass is 10.2. The summed E-state index contributed by atoms with van der Waals surface area (Å²) >= 11 is 0. The number of methoxy groups -OCH3 is 2. The van der Waals surface area contributed by atoms with Gasteiger partial charge < -0.3 is 19.4 Å². The van der Waals surface area contributed by atoms with Crippen LogP contribution in [0.25, 0.3) is 10.9 Å². The molecule has 0 aliphatic carbocycles. The number of nitrogens with zero attached hydrogens (tertiary/aromatic N) is 2. The number of hydrazine groups is 1. The molecule has 34 heavy (non-hydrogen) atoms. The van der Waals surface area contributed by atoms with E-state index in [1.165, 1.54) is 20.3 Å². The van der Waals surface area contributed by atoms with Crippen molar-refractivity contribution in [1.29, 1.82) is 0 Å².